The Morgan fingerprint density at radius 3 is 2.29 bits per heavy atom. The van der Waals surface area contributed by atoms with Crippen LogP contribution in [0.4, 0.5) is 0 Å². The second-order valence-corrected chi connectivity index (χ2v) is 8.07. The van der Waals surface area contributed by atoms with E-state index in [9.17, 15) is 9.59 Å². The van der Waals surface area contributed by atoms with Gasteiger partial charge in [0.05, 0.1) is 13.0 Å². The monoisotopic (exact) mass is 444 g/mol. The van der Waals surface area contributed by atoms with Crippen molar-refractivity contribution in [3.63, 3.8) is 0 Å². The van der Waals surface area contributed by atoms with E-state index < -0.39 is 6.10 Å². The van der Waals surface area contributed by atoms with Crippen LogP contribution in [0.3, 0.4) is 0 Å². The van der Waals surface area contributed by atoms with Gasteiger partial charge in [0.25, 0.3) is 5.91 Å². The third-order valence-corrected chi connectivity index (χ3v) is 5.50. The Morgan fingerprint density at radius 1 is 1.06 bits per heavy atom. The summed E-state index contributed by atoms with van der Waals surface area (Å²) >= 11 is 5.88. The molecule has 6 nitrogen and oxygen atoms in total. The molecule has 0 aliphatic carbocycles. The van der Waals surface area contributed by atoms with Crippen molar-refractivity contribution < 1.29 is 19.1 Å². The van der Waals surface area contributed by atoms with Crippen molar-refractivity contribution in [3.8, 4) is 11.5 Å². The van der Waals surface area contributed by atoms with Gasteiger partial charge in [0.1, 0.15) is 11.5 Å². The zero-order valence-corrected chi connectivity index (χ0v) is 18.7. The van der Waals surface area contributed by atoms with Gasteiger partial charge in [-0.2, -0.15) is 0 Å². The van der Waals surface area contributed by atoms with Crippen LogP contribution in [0.5, 0.6) is 11.5 Å². The molecule has 1 aliphatic rings. The zero-order valence-electron chi connectivity index (χ0n) is 18.0. The predicted molar refractivity (Wildman–Crippen MR) is 121 cm³/mol. The van der Waals surface area contributed by atoms with Gasteiger partial charge in [0, 0.05) is 24.2 Å². The molecule has 2 aromatic carbocycles. The Bertz CT molecular complexity index is 862. The molecule has 1 unspecified atom stereocenters. The highest BCUT2D eigenvalue weighted by Crippen LogP contribution is 2.19. The molecule has 7 heteroatoms. The fraction of sp³-hybridized carbons (Fsp3) is 0.417. The van der Waals surface area contributed by atoms with E-state index in [2.05, 4.69) is 5.32 Å². The van der Waals surface area contributed by atoms with E-state index in [1.54, 1.807) is 36.1 Å². The number of likely N-dealkylation sites (tertiary alicyclic amines) is 1. The predicted octanol–water partition coefficient (Wildman–Crippen LogP) is 3.86. The smallest absolute Gasteiger partial charge is 0.263 e. The lowest BCUT2D eigenvalue weighted by Gasteiger charge is -2.33. The lowest BCUT2D eigenvalue weighted by molar-refractivity contribution is -0.139. The van der Waals surface area contributed by atoms with Gasteiger partial charge in [-0.05, 0) is 68.7 Å². The lowest BCUT2D eigenvalue weighted by Crippen LogP contribution is -2.49. The molecule has 1 heterocycles. The first-order valence-electron chi connectivity index (χ1n) is 10.7. The number of ether oxygens (including phenoxy) is 2. The molecule has 0 aromatic heterocycles. The largest absolute Gasteiger partial charge is 0.494 e. The number of carbonyl (C=O) groups is 2. The van der Waals surface area contributed by atoms with Crippen molar-refractivity contribution in [1.29, 1.82) is 0 Å². The van der Waals surface area contributed by atoms with Crippen molar-refractivity contribution in [1.82, 2.24) is 10.2 Å². The van der Waals surface area contributed by atoms with Gasteiger partial charge in [0.2, 0.25) is 5.91 Å². The van der Waals surface area contributed by atoms with Gasteiger partial charge in [0.15, 0.2) is 6.10 Å². The topological polar surface area (TPSA) is 67.9 Å². The van der Waals surface area contributed by atoms with Crippen LogP contribution in [0, 0.1) is 0 Å². The number of nitrogens with zero attached hydrogens (tertiary/aromatic N) is 1. The molecule has 0 saturated carbocycles. The first-order chi connectivity index (χ1) is 14.9. The van der Waals surface area contributed by atoms with E-state index in [0.29, 0.717) is 36.9 Å². The molecule has 0 spiro atoms. The van der Waals surface area contributed by atoms with Crippen LogP contribution in [0.2, 0.25) is 5.02 Å². The van der Waals surface area contributed by atoms with Crippen molar-refractivity contribution in [3.05, 3.63) is 59.1 Å². The third kappa shape index (κ3) is 6.89. The van der Waals surface area contributed by atoms with Crippen LogP contribution < -0.4 is 14.8 Å². The molecule has 166 valence electrons. The fourth-order valence-electron chi connectivity index (χ4n) is 3.60. The molecule has 3 rings (SSSR count). The zero-order chi connectivity index (χ0) is 22.2. The summed E-state index contributed by atoms with van der Waals surface area (Å²) in [4.78, 5) is 26.9. The van der Waals surface area contributed by atoms with Crippen molar-refractivity contribution in [2.75, 3.05) is 19.7 Å². The molecule has 31 heavy (non-hydrogen) atoms. The second-order valence-electron chi connectivity index (χ2n) is 7.63. The molecule has 2 amide bonds. The summed E-state index contributed by atoms with van der Waals surface area (Å²) in [7, 11) is 0. The normalized spacial score (nSPS) is 15.3. The standard InChI is InChI=1S/C24H29ClN2O4/c1-3-30-21-8-4-18(5-9-21)16-23(28)26-20-12-14-27(15-13-20)24(29)17(2)31-22-10-6-19(25)7-11-22/h4-11,17,20H,3,12-16H2,1-2H3,(H,26,28). The molecule has 0 bridgehead atoms. The van der Waals surface area contributed by atoms with Crippen LogP contribution in [0.25, 0.3) is 0 Å². The van der Waals surface area contributed by atoms with E-state index in [4.69, 9.17) is 21.1 Å². The molecule has 1 aliphatic heterocycles. The average Bonchev–Trinajstić information content (AvgIpc) is 2.77. The van der Waals surface area contributed by atoms with Gasteiger partial charge < -0.3 is 19.7 Å². The van der Waals surface area contributed by atoms with E-state index in [1.807, 2.05) is 31.2 Å². The van der Waals surface area contributed by atoms with Crippen molar-refractivity contribution >= 4 is 23.4 Å². The summed E-state index contributed by atoms with van der Waals surface area (Å²) in [6.07, 6.45) is 1.22. The minimum Gasteiger partial charge on any atom is -0.494 e. The minimum absolute atomic E-state index is 0.00613. The van der Waals surface area contributed by atoms with E-state index >= 15 is 0 Å². The van der Waals surface area contributed by atoms with Gasteiger partial charge in [-0.1, -0.05) is 23.7 Å². The number of hydrogen-bond donors (Lipinski definition) is 1. The molecule has 1 fully saturated rings. The van der Waals surface area contributed by atoms with Crippen LogP contribution in [-0.4, -0.2) is 48.6 Å². The van der Waals surface area contributed by atoms with Gasteiger partial charge >= 0.3 is 0 Å². The maximum atomic E-state index is 12.7. The van der Waals surface area contributed by atoms with Crippen LogP contribution in [0.15, 0.2) is 48.5 Å². The van der Waals surface area contributed by atoms with Gasteiger partial charge in [-0.25, -0.2) is 0 Å². The van der Waals surface area contributed by atoms with E-state index in [1.165, 1.54) is 0 Å². The Balaban J connectivity index is 1.41. The maximum absolute atomic E-state index is 12.7. The highest BCUT2D eigenvalue weighted by atomic mass is 35.5. The summed E-state index contributed by atoms with van der Waals surface area (Å²) in [5.41, 5.74) is 0.946. The molecule has 1 saturated heterocycles. The Morgan fingerprint density at radius 2 is 1.68 bits per heavy atom. The van der Waals surface area contributed by atoms with Gasteiger partial charge in [-0.3, -0.25) is 9.59 Å². The Kier molecular flexibility index (Phi) is 8.18. The summed E-state index contributed by atoms with van der Waals surface area (Å²) < 4.78 is 11.2. The fourth-order valence-corrected chi connectivity index (χ4v) is 3.73. The highest BCUT2D eigenvalue weighted by molar-refractivity contribution is 6.30. The van der Waals surface area contributed by atoms with Crippen molar-refractivity contribution in [2.45, 2.75) is 45.3 Å². The number of halogens is 1. The second kappa shape index (κ2) is 11.0. The molecule has 1 atom stereocenters. The van der Waals surface area contributed by atoms with E-state index in [-0.39, 0.29) is 17.9 Å². The number of amides is 2. The number of piperidine rings is 1. The number of benzene rings is 2. The quantitative estimate of drug-likeness (QED) is 0.671. The highest BCUT2D eigenvalue weighted by Gasteiger charge is 2.27. The molecule has 2 aromatic rings. The maximum Gasteiger partial charge on any atom is 0.263 e. The summed E-state index contributed by atoms with van der Waals surface area (Å²) in [5, 5.41) is 3.71. The average molecular weight is 445 g/mol. The number of rotatable bonds is 8. The van der Waals surface area contributed by atoms with Crippen LogP contribution in [-0.2, 0) is 16.0 Å². The van der Waals surface area contributed by atoms with Crippen LogP contribution in [0.1, 0.15) is 32.3 Å². The van der Waals surface area contributed by atoms with Crippen molar-refractivity contribution in [2.24, 2.45) is 0 Å². The SMILES string of the molecule is CCOc1ccc(CC(=O)NC2CCN(C(=O)C(C)Oc3ccc(Cl)cc3)CC2)cc1. The molecule has 0 radical (unpaired) electrons. The summed E-state index contributed by atoms with van der Waals surface area (Å²) in [5.74, 6) is 1.36. The summed E-state index contributed by atoms with van der Waals surface area (Å²) in [6.45, 7) is 5.50. The van der Waals surface area contributed by atoms with E-state index in [0.717, 1.165) is 24.2 Å². The molecular formula is C24H29ClN2O4. The summed E-state index contributed by atoms with van der Waals surface area (Å²) in [6, 6.07) is 14.6. The van der Waals surface area contributed by atoms with Crippen LogP contribution >= 0.6 is 11.6 Å². The van der Waals surface area contributed by atoms with Gasteiger partial charge in [-0.15, -0.1) is 0 Å². The first kappa shape index (κ1) is 22.9. The Hall–Kier alpha value is -2.73. The first-order valence-corrected chi connectivity index (χ1v) is 11.0. The minimum atomic E-state index is -0.577. The third-order valence-electron chi connectivity index (χ3n) is 5.25. The number of carbonyl (C=O) groups excluding carboxylic acids is 2. The lowest BCUT2D eigenvalue weighted by atomic mass is 10.0. The number of nitrogens with one attached hydrogen (secondary N) is 1. The molecule has 1 N–H and O–H groups in total. The number of hydrogen-bond acceptors (Lipinski definition) is 4. The molecular weight excluding hydrogens is 416 g/mol. The Labute approximate surface area is 188 Å².